The van der Waals surface area contributed by atoms with Crippen LogP contribution in [0.1, 0.15) is 32.5 Å². The van der Waals surface area contributed by atoms with Gasteiger partial charge >= 0.3 is 0 Å². The lowest BCUT2D eigenvalue weighted by Gasteiger charge is -2.09. The third-order valence-electron chi connectivity index (χ3n) is 1.87. The molecule has 2 N–H and O–H groups in total. The average Bonchev–Trinajstić information content (AvgIpc) is 2.53. The summed E-state index contributed by atoms with van der Waals surface area (Å²) in [6.07, 6.45) is 2.75. The van der Waals surface area contributed by atoms with Crippen LogP contribution in [0, 0.1) is 0 Å². The van der Waals surface area contributed by atoms with Crippen molar-refractivity contribution in [1.29, 1.82) is 0 Å². The van der Waals surface area contributed by atoms with Gasteiger partial charge in [0, 0.05) is 30.6 Å². The zero-order chi connectivity index (χ0) is 10.4. The van der Waals surface area contributed by atoms with E-state index in [-0.39, 0.29) is 12.6 Å². The van der Waals surface area contributed by atoms with E-state index in [1.54, 1.807) is 0 Å². The van der Waals surface area contributed by atoms with Gasteiger partial charge in [0.25, 0.3) is 0 Å². The van der Waals surface area contributed by atoms with Crippen LogP contribution in [0.3, 0.4) is 0 Å². The Morgan fingerprint density at radius 3 is 3.00 bits per heavy atom. The summed E-state index contributed by atoms with van der Waals surface area (Å²) in [7, 11) is 0. The van der Waals surface area contributed by atoms with Crippen molar-refractivity contribution in [3.8, 4) is 0 Å². The number of nitrogens with one attached hydrogen (secondary N) is 1. The van der Waals surface area contributed by atoms with Crippen molar-refractivity contribution >= 4 is 16.7 Å². The van der Waals surface area contributed by atoms with Crippen LogP contribution in [0.4, 0.5) is 5.13 Å². The quantitative estimate of drug-likeness (QED) is 0.758. The minimum Gasteiger partial charge on any atom is -0.396 e. The highest BCUT2D eigenvalue weighted by Crippen LogP contribution is 2.13. The van der Waals surface area contributed by atoms with E-state index in [2.05, 4.69) is 21.6 Å². The first-order valence-electron chi connectivity index (χ1n) is 4.96. The summed E-state index contributed by atoms with van der Waals surface area (Å²) in [4.78, 5) is 4.34. The Bertz CT molecular complexity index is 264. The topological polar surface area (TPSA) is 58.0 Å². The van der Waals surface area contributed by atoms with Gasteiger partial charge in [0.15, 0.2) is 0 Å². The van der Waals surface area contributed by atoms with Crippen LogP contribution < -0.4 is 5.32 Å². The molecule has 1 rings (SSSR count). The van der Waals surface area contributed by atoms with Crippen LogP contribution in [0.25, 0.3) is 0 Å². The number of aliphatic hydroxyl groups excluding tert-OH is 1. The van der Waals surface area contributed by atoms with Gasteiger partial charge in [-0.15, -0.1) is 0 Å². The molecule has 1 aromatic heterocycles. The van der Waals surface area contributed by atoms with Gasteiger partial charge in [-0.3, -0.25) is 0 Å². The first-order valence-corrected chi connectivity index (χ1v) is 5.73. The van der Waals surface area contributed by atoms with Crippen molar-refractivity contribution in [3.05, 3.63) is 5.82 Å². The van der Waals surface area contributed by atoms with E-state index in [0.29, 0.717) is 0 Å². The summed E-state index contributed by atoms with van der Waals surface area (Å²) < 4.78 is 4.22. The van der Waals surface area contributed by atoms with Crippen molar-refractivity contribution in [3.63, 3.8) is 0 Å². The first kappa shape index (κ1) is 11.4. The molecule has 4 nitrogen and oxygen atoms in total. The summed E-state index contributed by atoms with van der Waals surface area (Å²) >= 11 is 1.39. The molecule has 0 radical (unpaired) electrons. The number of anilines is 1. The summed E-state index contributed by atoms with van der Waals surface area (Å²) in [6.45, 7) is 4.34. The van der Waals surface area contributed by atoms with Crippen LogP contribution >= 0.6 is 11.5 Å². The normalized spacial score (nSPS) is 12.8. The standard InChI is InChI=1S/C9H17N3OS/c1-3-4-8-11-9(14-12-8)10-7(2)5-6-13/h7,13H,3-6H2,1-2H3,(H,10,11,12). The molecule has 0 fully saturated rings. The van der Waals surface area contributed by atoms with Crippen molar-refractivity contribution in [2.45, 2.75) is 39.2 Å². The largest absolute Gasteiger partial charge is 0.396 e. The third kappa shape index (κ3) is 3.59. The van der Waals surface area contributed by atoms with Crippen LogP contribution in [0.15, 0.2) is 0 Å². The molecule has 1 heterocycles. The maximum Gasteiger partial charge on any atom is 0.202 e. The molecule has 0 saturated heterocycles. The predicted octanol–water partition coefficient (Wildman–Crippen LogP) is 1.67. The number of aryl methyl sites for hydroxylation is 1. The minimum absolute atomic E-state index is 0.203. The molecular formula is C9H17N3OS. The van der Waals surface area contributed by atoms with Crippen molar-refractivity contribution in [1.82, 2.24) is 9.36 Å². The van der Waals surface area contributed by atoms with Crippen molar-refractivity contribution in [2.75, 3.05) is 11.9 Å². The predicted molar refractivity (Wildman–Crippen MR) is 58.7 cm³/mol. The van der Waals surface area contributed by atoms with E-state index in [1.807, 2.05) is 6.92 Å². The zero-order valence-corrected chi connectivity index (χ0v) is 9.47. The molecule has 0 spiro atoms. The molecule has 80 valence electrons. The van der Waals surface area contributed by atoms with Crippen LogP contribution in [-0.2, 0) is 6.42 Å². The van der Waals surface area contributed by atoms with Crippen LogP contribution in [0.5, 0.6) is 0 Å². The maximum absolute atomic E-state index is 8.73. The molecule has 0 aliphatic carbocycles. The molecule has 14 heavy (non-hydrogen) atoms. The second-order valence-corrected chi connectivity index (χ2v) is 4.08. The highest BCUT2D eigenvalue weighted by Gasteiger charge is 2.06. The van der Waals surface area contributed by atoms with Gasteiger partial charge in [-0.25, -0.2) is 4.98 Å². The zero-order valence-electron chi connectivity index (χ0n) is 8.66. The number of rotatable bonds is 6. The van der Waals surface area contributed by atoms with Gasteiger partial charge in [-0.1, -0.05) is 6.92 Å². The summed E-state index contributed by atoms with van der Waals surface area (Å²) in [5, 5.41) is 12.8. The van der Waals surface area contributed by atoms with Gasteiger partial charge < -0.3 is 10.4 Å². The Balaban J connectivity index is 2.42. The van der Waals surface area contributed by atoms with Gasteiger partial charge in [0.05, 0.1) is 0 Å². The monoisotopic (exact) mass is 215 g/mol. The average molecular weight is 215 g/mol. The smallest absolute Gasteiger partial charge is 0.202 e. The Morgan fingerprint density at radius 2 is 2.36 bits per heavy atom. The Labute approximate surface area is 88.6 Å². The molecule has 0 aliphatic heterocycles. The number of aliphatic hydroxyl groups is 1. The van der Waals surface area contributed by atoms with E-state index in [9.17, 15) is 0 Å². The minimum atomic E-state index is 0.203. The summed E-state index contributed by atoms with van der Waals surface area (Å²) in [5.41, 5.74) is 0. The van der Waals surface area contributed by atoms with Gasteiger partial charge in [0.2, 0.25) is 5.13 Å². The third-order valence-corrected chi connectivity index (χ3v) is 2.56. The lowest BCUT2D eigenvalue weighted by atomic mass is 10.2. The Kier molecular flexibility index (Phi) is 4.82. The Morgan fingerprint density at radius 1 is 1.57 bits per heavy atom. The second-order valence-electron chi connectivity index (χ2n) is 3.32. The fourth-order valence-corrected chi connectivity index (χ4v) is 1.84. The van der Waals surface area contributed by atoms with E-state index in [0.717, 1.165) is 30.2 Å². The van der Waals surface area contributed by atoms with E-state index >= 15 is 0 Å². The highest BCUT2D eigenvalue weighted by atomic mass is 32.1. The molecule has 1 unspecified atom stereocenters. The summed E-state index contributed by atoms with van der Waals surface area (Å²) in [5.74, 6) is 0.913. The maximum atomic E-state index is 8.73. The molecule has 1 atom stereocenters. The van der Waals surface area contributed by atoms with Crippen molar-refractivity contribution in [2.24, 2.45) is 0 Å². The lowest BCUT2D eigenvalue weighted by molar-refractivity contribution is 0.282. The fourth-order valence-electron chi connectivity index (χ4n) is 1.11. The van der Waals surface area contributed by atoms with Crippen LogP contribution in [0.2, 0.25) is 0 Å². The molecule has 5 heteroatoms. The second kappa shape index (κ2) is 5.93. The van der Waals surface area contributed by atoms with E-state index in [1.165, 1.54) is 11.5 Å². The number of aromatic nitrogens is 2. The Hall–Kier alpha value is -0.680. The molecular weight excluding hydrogens is 198 g/mol. The molecule has 0 saturated carbocycles. The number of nitrogens with zero attached hydrogens (tertiary/aromatic N) is 2. The van der Waals surface area contributed by atoms with Crippen molar-refractivity contribution < 1.29 is 5.11 Å². The first-order chi connectivity index (χ1) is 6.76. The lowest BCUT2D eigenvalue weighted by Crippen LogP contribution is -2.16. The molecule has 1 aromatic rings. The van der Waals surface area contributed by atoms with E-state index in [4.69, 9.17) is 5.11 Å². The van der Waals surface area contributed by atoms with Gasteiger partial charge in [-0.2, -0.15) is 4.37 Å². The summed E-state index contributed by atoms with van der Waals surface area (Å²) in [6, 6.07) is 0.252. The number of hydrogen-bond donors (Lipinski definition) is 2. The van der Waals surface area contributed by atoms with Crippen LogP contribution in [-0.4, -0.2) is 27.1 Å². The van der Waals surface area contributed by atoms with E-state index < -0.39 is 0 Å². The number of hydrogen-bond acceptors (Lipinski definition) is 5. The van der Waals surface area contributed by atoms with Gasteiger partial charge in [-0.05, 0) is 19.8 Å². The molecule has 0 bridgehead atoms. The SMILES string of the molecule is CCCc1nsc(NC(C)CCO)n1. The fraction of sp³-hybridized carbons (Fsp3) is 0.778. The molecule has 0 aromatic carbocycles. The highest BCUT2D eigenvalue weighted by molar-refractivity contribution is 7.09. The van der Waals surface area contributed by atoms with Gasteiger partial charge in [0.1, 0.15) is 5.82 Å². The molecule has 0 aliphatic rings. The molecule has 0 amide bonds.